The third-order valence-electron chi connectivity index (χ3n) is 4.62. The highest BCUT2D eigenvalue weighted by Crippen LogP contribution is 2.27. The molecule has 1 saturated heterocycles. The number of hydrogen-bond donors (Lipinski definition) is 0. The number of piperidine rings is 1. The van der Waals surface area contributed by atoms with Crippen LogP contribution in [0.4, 0.5) is 8.78 Å². The number of halogens is 2. The summed E-state index contributed by atoms with van der Waals surface area (Å²) in [7, 11) is -2.06. The van der Waals surface area contributed by atoms with E-state index >= 15 is 0 Å². The van der Waals surface area contributed by atoms with Crippen molar-refractivity contribution in [2.24, 2.45) is 5.92 Å². The van der Waals surface area contributed by atoms with E-state index in [9.17, 15) is 22.0 Å². The molecule has 2 aromatic rings. The van der Waals surface area contributed by atoms with Crippen molar-refractivity contribution in [3.8, 4) is 0 Å². The Morgan fingerprint density at radius 1 is 1.33 bits per heavy atom. The number of carbonyl (C=O) groups excluding carboxylic acids is 1. The minimum atomic E-state index is -3.60. The summed E-state index contributed by atoms with van der Waals surface area (Å²) >= 11 is 1.15. The predicted molar refractivity (Wildman–Crippen MR) is 98.6 cm³/mol. The van der Waals surface area contributed by atoms with Crippen molar-refractivity contribution in [1.82, 2.24) is 9.21 Å². The van der Waals surface area contributed by atoms with Gasteiger partial charge < -0.3 is 4.90 Å². The van der Waals surface area contributed by atoms with E-state index in [4.69, 9.17) is 0 Å². The summed E-state index contributed by atoms with van der Waals surface area (Å²) in [4.78, 5) is 14.1. The highest BCUT2D eigenvalue weighted by Gasteiger charge is 2.34. The van der Waals surface area contributed by atoms with Gasteiger partial charge in [-0.15, -0.1) is 11.3 Å². The first-order valence-corrected chi connectivity index (χ1v) is 10.8. The van der Waals surface area contributed by atoms with Gasteiger partial charge in [0.05, 0.1) is 5.92 Å². The van der Waals surface area contributed by atoms with E-state index in [1.165, 1.54) is 22.3 Å². The number of hydrogen-bond acceptors (Lipinski definition) is 4. The third kappa shape index (κ3) is 4.36. The van der Waals surface area contributed by atoms with Crippen molar-refractivity contribution in [3.05, 3.63) is 52.9 Å². The van der Waals surface area contributed by atoms with Crippen molar-refractivity contribution in [2.45, 2.75) is 23.6 Å². The molecule has 0 spiro atoms. The SMILES string of the molecule is CN(Cc1ccc(F)cc1F)C(=O)C1CCCN(S(=O)(=O)c2cccs2)C1. The maximum atomic E-state index is 13.8. The lowest BCUT2D eigenvalue weighted by Crippen LogP contribution is -2.45. The quantitative estimate of drug-likeness (QED) is 0.756. The van der Waals surface area contributed by atoms with Gasteiger partial charge in [-0.25, -0.2) is 17.2 Å². The summed E-state index contributed by atoms with van der Waals surface area (Å²) in [6.07, 6.45) is 1.16. The number of benzene rings is 1. The van der Waals surface area contributed by atoms with Gasteiger partial charge in [-0.05, 0) is 30.4 Å². The summed E-state index contributed by atoms with van der Waals surface area (Å²) in [6.45, 7) is 0.481. The molecule has 1 atom stereocenters. The monoisotopic (exact) mass is 414 g/mol. The van der Waals surface area contributed by atoms with Gasteiger partial charge in [0.25, 0.3) is 10.0 Å². The molecule has 1 unspecified atom stereocenters. The molecule has 3 rings (SSSR count). The molecule has 0 radical (unpaired) electrons. The van der Waals surface area contributed by atoms with Crippen LogP contribution < -0.4 is 0 Å². The van der Waals surface area contributed by atoms with E-state index in [0.29, 0.717) is 19.4 Å². The summed E-state index contributed by atoms with van der Waals surface area (Å²) in [5.41, 5.74) is 0.214. The highest BCUT2D eigenvalue weighted by molar-refractivity contribution is 7.91. The average molecular weight is 414 g/mol. The van der Waals surface area contributed by atoms with Crippen molar-refractivity contribution in [3.63, 3.8) is 0 Å². The van der Waals surface area contributed by atoms with Crippen LogP contribution in [-0.4, -0.2) is 43.7 Å². The van der Waals surface area contributed by atoms with Gasteiger partial charge in [0, 0.05) is 38.3 Å². The molecule has 1 aliphatic rings. The summed E-state index contributed by atoms with van der Waals surface area (Å²) in [5.74, 6) is -2.11. The number of carbonyl (C=O) groups is 1. The van der Waals surface area contributed by atoms with E-state index in [0.717, 1.165) is 23.5 Å². The van der Waals surface area contributed by atoms with Gasteiger partial charge in [0.15, 0.2) is 0 Å². The van der Waals surface area contributed by atoms with Gasteiger partial charge >= 0.3 is 0 Å². The molecule has 1 amide bonds. The first-order chi connectivity index (χ1) is 12.8. The fourth-order valence-electron chi connectivity index (χ4n) is 3.19. The van der Waals surface area contributed by atoms with Crippen LogP contribution in [0.1, 0.15) is 18.4 Å². The van der Waals surface area contributed by atoms with Gasteiger partial charge in [-0.1, -0.05) is 12.1 Å². The molecule has 1 fully saturated rings. The minimum Gasteiger partial charge on any atom is -0.341 e. The van der Waals surface area contributed by atoms with Crippen LogP contribution in [0.5, 0.6) is 0 Å². The largest absolute Gasteiger partial charge is 0.341 e. The fourth-order valence-corrected chi connectivity index (χ4v) is 5.86. The Balaban J connectivity index is 1.69. The van der Waals surface area contributed by atoms with E-state index in [2.05, 4.69) is 0 Å². The van der Waals surface area contributed by atoms with Crippen LogP contribution in [0, 0.1) is 17.6 Å². The third-order valence-corrected chi connectivity index (χ3v) is 7.86. The highest BCUT2D eigenvalue weighted by atomic mass is 32.2. The molecule has 0 saturated carbocycles. The maximum absolute atomic E-state index is 13.8. The summed E-state index contributed by atoms with van der Waals surface area (Å²) in [6, 6.07) is 6.46. The standard InChI is InChI=1S/C18H20F2N2O3S2/c1-21(11-13-6-7-15(19)10-16(13)20)18(23)14-4-2-8-22(12-14)27(24,25)17-5-3-9-26-17/h3,5-7,9-10,14H,2,4,8,11-12H2,1H3. The fraction of sp³-hybridized carbons (Fsp3) is 0.389. The second-order valence-electron chi connectivity index (χ2n) is 6.56. The topological polar surface area (TPSA) is 57.7 Å². The molecule has 0 aliphatic carbocycles. The number of thiophene rings is 1. The summed E-state index contributed by atoms with van der Waals surface area (Å²) in [5, 5.41) is 1.70. The molecular formula is C18H20F2N2O3S2. The van der Waals surface area contributed by atoms with Crippen LogP contribution in [0.25, 0.3) is 0 Å². The Kier molecular flexibility index (Phi) is 5.92. The molecule has 146 valence electrons. The Morgan fingerprint density at radius 2 is 2.11 bits per heavy atom. The Hall–Kier alpha value is -1.84. The molecular weight excluding hydrogens is 394 g/mol. The molecule has 0 bridgehead atoms. The lowest BCUT2D eigenvalue weighted by molar-refractivity contribution is -0.135. The van der Waals surface area contributed by atoms with Crippen LogP contribution in [0.3, 0.4) is 0 Å². The normalized spacial score (nSPS) is 18.4. The lowest BCUT2D eigenvalue weighted by Gasteiger charge is -2.33. The Bertz CT molecular complexity index is 917. The second-order valence-corrected chi connectivity index (χ2v) is 9.68. The van der Waals surface area contributed by atoms with Gasteiger partial charge in [0.1, 0.15) is 15.8 Å². The van der Waals surface area contributed by atoms with E-state index < -0.39 is 27.6 Å². The molecule has 1 aromatic heterocycles. The zero-order valence-corrected chi connectivity index (χ0v) is 16.4. The van der Waals surface area contributed by atoms with E-state index in [1.54, 1.807) is 17.5 Å². The predicted octanol–water partition coefficient (Wildman–Crippen LogP) is 3.09. The van der Waals surface area contributed by atoms with Crippen LogP contribution in [0.2, 0.25) is 0 Å². The zero-order chi connectivity index (χ0) is 19.6. The van der Waals surface area contributed by atoms with Gasteiger partial charge in [-0.3, -0.25) is 4.79 Å². The number of nitrogens with zero attached hydrogens (tertiary/aromatic N) is 2. The Labute approximate surface area is 161 Å². The van der Waals surface area contributed by atoms with E-state index in [-0.39, 0.29) is 28.8 Å². The molecule has 5 nitrogen and oxygen atoms in total. The second kappa shape index (κ2) is 8.04. The van der Waals surface area contributed by atoms with Crippen LogP contribution >= 0.6 is 11.3 Å². The molecule has 2 heterocycles. The van der Waals surface area contributed by atoms with Gasteiger partial charge in [0.2, 0.25) is 5.91 Å². The zero-order valence-electron chi connectivity index (χ0n) is 14.8. The van der Waals surface area contributed by atoms with Crippen molar-refractivity contribution >= 4 is 27.3 Å². The first-order valence-electron chi connectivity index (χ1n) is 8.51. The average Bonchev–Trinajstić information content (AvgIpc) is 3.19. The number of amides is 1. The molecule has 27 heavy (non-hydrogen) atoms. The molecule has 1 aromatic carbocycles. The smallest absolute Gasteiger partial charge is 0.252 e. The first kappa shape index (κ1) is 19.9. The van der Waals surface area contributed by atoms with Crippen molar-refractivity contribution in [1.29, 1.82) is 0 Å². The molecule has 1 aliphatic heterocycles. The molecule has 9 heteroatoms. The van der Waals surface area contributed by atoms with Crippen molar-refractivity contribution < 1.29 is 22.0 Å². The molecule has 0 N–H and O–H groups in total. The Morgan fingerprint density at radius 3 is 2.78 bits per heavy atom. The summed E-state index contributed by atoms with van der Waals surface area (Å²) < 4.78 is 53.8. The minimum absolute atomic E-state index is 0.000872. The maximum Gasteiger partial charge on any atom is 0.252 e. The number of rotatable bonds is 5. The number of sulfonamides is 1. The van der Waals surface area contributed by atoms with Crippen molar-refractivity contribution in [2.75, 3.05) is 20.1 Å². The van der Waals surface area contributed by atoms with Gasteiger partial charge in [-0.2, -0.15) is 4.31 Å². The van der Waals surface area contributed by atoms with E-state index in [1.807, 2.05) is 0 Å². The lowest BCUT2D eigenvalue weighted by atomic mass is 9.98. The van der Waals surface area contributed by atoms with Crippen LogP contribution in [-0.2, 0) is 21.4 Å². The van der Waals surface area contributed by atoms with Crippen LogP contribution in [0.15, 0.2) is 39.9 Å².